The normalized spacial score (nSPS) is 19.6. The fourth-order valence-corrected chi connectivity index (χ4v) is 2.78. The zero-order valence-electron chi connectivity index (χ0n) is 10.8. The summed E-state index contributed by atoms with van der Waals surface area (Å²) < 4.78 is 0. The highest BCUT2D eigenvalue weighted by atomic mass is 35.5. The van der Waals surface area contributed by atoms with Crippen LogP contribution in [0.2, 0.25) is 5.02 Å². The minimum Gasteiger partial charge on any atom is -0.385 e. The van der Waals surface area contributed by atoms with E-state index in [4.69, 9.17) is 11.6 Å². The third-order valence-electron chi connectivity index (χ3n) is 3.53. The van der Waals surface area contributed by atoms with E-state index in [1.807, 2.05) is 18.2 Å². The number of halogens is 1. The predicted octanol–water partition coefficient (Wildman–Crippen LogP) is 2.95. The smallest absolute Gasteiger partial charge is 0.133 e. The van der Waals surface area contributed by atoms with Gasteiger partial charge >= 0.3 is 0 Å². The quantitative estimate of drug-likeness (QED) is 0.626. The second kappa shape index (κ2) is 7.17. The van der Waals surface area contributed by atoms with Crippen LogP contribution < -0.4 is 5.32 Å². The van der Waals surface area contributed by atoms with E-state index in [2.05, 4.69) is 22.8 Å². The van der Waals surface area contributed by atoms with Crippen LogP contribution in [-0.4, -0.2) is 37.4 Å². The van der Waals surface area contributed by atoms with Gasteiger partial charge in [0.2, 0.25) is 0 Å². The molecule has 1 aliphatic heterocycles. The summed E-state index contributed by atoms with van der Waals surface area (Å²) in [6.45, 7) is 3.59. The van der Waals surface area contributed by atoms with E-state index < -0.39 is 0 Å². The van der Waals surface area contributed by atoms with Crippen LogP contribution >= 0.6 is 24.2 Å². The maximum atomic E-state index is 10.5. The molecule has 1 aliphatic rings. The molecular formula is C14H19ClN2OS. The van der Waals surface area contributed by atoms with Crippen molar-refractivity contribution in [3.05, 3.63) is 23.2 Å². The molecule has 0 bridgehead atoms. The van der Waals surface area contributed by atoms with Crippen molar-refractivity contribution in [1.29, 1.82) is 0 Å². The number of benzene rings is 1. The van der Waals surface area contributed by atoms with E-state index in [0.717, 1.165) is 42.9 Å². The fraction of sp³-hybridized carbons (Fsp3) is 0.500. The summed E-state index contributed by atoms with van der Waals surface area (Å²) in [5, 5.41) is 4.05. The lowest BCUT2D eigenvalue weighted by Gasteiger charge is -2.13. The number of carbonyl (C=O) groups is 1. The van der Waals surface area contributed by atoms with Crippen molar-refractivity contribution in [2.75, 3.05) is 31.5 Å². The standard InChI is InChI=1S/C14H19ClN2OS/c15-13-9-12(1-2-14(13)19)16-5-3-11-4-6-17(10-11)7-8-18/h1-2,8-9,11,16,19H,3-7,10H2/t11-/m1/s1. The molecule has 1 saturated heterocycles. The monoisotopic (exact) mass is 298 g/mol. The van der Waals surface area contributed by atoms with E-state index >= 15 is 0 Å². The van der Waals surface area contributed by atoms with E-state index in [-0.39, 0.29) is 0 Å². The number of rotatable bonds is 6. The van der Waals surface area contributed by atoms with E-state index in [1.165, 1.54) is 6.42 Å². The summed E-state index contributed by atoms with van der Waals surface area (Å²) >= 11 is 10.3. The molecule has 1 atom stereocenters. The first-order chi connectivity index (χ1) is 9.19. The maximum absolute atomic E-state index is 10.5. The summed E-state index contributed by atoms with van der Waals surface area (Å²) in [6, 6.07) is 5.79. The maximum Gasteiger partial charge on any atom is 0.133 e. The molecule has 0 aliphatic carbocycles. The molecule has 0 unspecified atom stereocenters. The first kappa shape index (κ1) is 14.7. The number of nitrogens with zero attached hydrogens (tertiary/aromatic N) is 1. The second-order valence-electron chi connectivity index (χ2n) is 4.96. The van der Waals surface area contributed by atoms with Crippen molar-refractivity contribution in [2.45, 2.75) is 17.7 Å². The first-order valence-electron chi connectivity index (χ1n) is 6.57. The van der Waals surface area contributed by atoms with Gasteiger partial charge in [-0.25, -0.2) is 0 Å². The van der Waals surface area contributed by atoms with E-state index in [1.54, 1.807) is 0 Å². The largest absolute Gasteiger partial charge is 0.385 e. The number of anilines is 1. The first-order valence-corrected chi connectivity index (χ1v) is 7.40. The minimum absolute atomic E-state index is 0.572. The Kier molecular flexibility index (Phi) is 5.55. The Morgan fingerprint density at radius 2 is 2.37 bits per heavy atom. The molecule has 2 rings (SSSR count). The molecular weight excluding hydrogens is 280 g/mol. The highest BCUT2D eigenvalue weighted by Crippen LogP contribution is 2.24. The van der Waals surface area contributed by atoms with E-state index in [0.29, 0.717) is 17.5 Å². The molecule has 1 aromatic carbocycles. The van der Waals surface area contributed by atoms with Gasteiger partial charge in [0, 0.05) is 23.7 Å². The highest BCUT2D eigenvalue weighted by Gasteiger charge is 2.21. The van der Waals surface area contributed by atoms with Crippen LogP contribution in [-0.2, 0) is 4.79 Å². The molecule has 0 spiro atoms. The Hall–Kier alpha value is -0.710. The third-order valence-corrected chi connectivity index (χ3v) is 4.37. The van der Waals surface area contributed by atoms with Gasteiger partial charge < -0.3 is 10.1 Å². The van der Waals surface area contributed by atoms with Gasteiger partial charge in [-0.05, 0) is 43.5 Å². The summed E-state index contributed by atoms with van der Waals surface area (Å²) in [7, 11) is 0. The third kappa shape index (κ3) is 4.41. The van der Waals surface area contributed by atoms with Crippen LogP contribution in [0, 0.1) is 5.92 Å². The van der Waals surface area contributed by atoms with Crippen molar-refractivity contribution in [2.24, 2.45) is 5.92 Å². The molecule has 5 heteroatoms. The Balaban J connectivity index is 1.72. The summed E-state index contributed by atoms with van der Waals surface area (Å²) in [6.07, 6.45) is 3.29. The molecule has 0 amide bonds. The second-order valence-corrected chi connectivity index (χ2v) is 5.85. The molecule has 104 valence electrons. The number of hydrogen-bond donors (Lipinski definition) is 2. The number of hydrogen-bond acceptors (Lipinski definition) is 4. The fourth-order valence-electron chi connectivity index (χ4n) is 2.46. The molecule has 1 N–H and O–H groups in total. The molecule has 1 heterocycles. The Morgan fingerprint density at radius 1 is 1.53 bits per heavy atom. The molecule has 1 fully saturated rings. The summed E-state index contributed by atoms with van der Waals surface area (Å²) in [5.74, 6) is 0.687. The van der Waals surface area contributed by atoms with Gasteiger partial charge in [0.1, 0.15) is 6.29 Å². The van der Waals surface area contributed by atoms with Gasteiger partial charge in [-0.1, -0.05) is 11.6 Å². The average molecular weight is 299 g/mol. The van der Waals surface area contributed by atoms with Crippen LogP contribution in [0.5, 0.6) is 0 Å². The van der Waals surface area contributed by atoms with Gasteiger partial charge in [-0.2, -0.15) is 0 Å². The summed E-state index contributed by atoms with van der Waals surface area (Å²) in [4.78, 5) is 13.5. The Bertz CT molecular complexity index is 441. The Morgan fingerprint density at radius 3 is 3.11 bits per heavy atom. The SMILES string of the molecule is O=CCN1CC[C@@H](CCNc2ccc(S)c(Cl)c2)C1. The van der Waals surface area contributed by atoms with Crippen LogP contribution in [0.15, 0.2) is 23.1 Å². The topological polar surface area (TPSA) is 32.3 Å². The molecule has 0 saturated carbocycles. The highest BCUT2D eigenvalue weighted by molar-refractivity contribution is 7.80. The van der Waals surface area contributed by atoms with Crippen molar-refractivity contribution in [1.82, 2.24) is 4.90 Å². The summed E-state index contributed by atoms with van der Waals surface area (Å²) in [5.41, 5.74) is 1.03. The Labute approximate surface area is 124 Å². The van der Waals surface area contributed by atoms with Crippen molar-refractivity contribution in [3.63, 3.8) is 0 Å². The van der Waals surface area contributed by atoms with Crippen LogP contribution in [0.1, 0.15) is 12.8 Å². The lowest BCUT2D eigenvalue weighted by Crippen LogP contribution is -2.23. The van der Waals surface area contributed by atoms with E-state index in [9.17, 15) is 4.79 Å². The van der Waals surface area contributed by atoms with Crippen LogP contribution in [0.3, 0.4) is 0 Å². The van der Waals surface area contributed by atoms with Gasteiger partial charge in [-0.3, -0.25) is 4.90 Å². The number of thiol groups is 1. The minimum atomic E-state index is 0.572. The molecule has 3 nitrogen and oxygen atoms in total. The van der Waals surface area contributed by atoms with Gasteiger partial charge in [0.05, 0.1) is 11.6 Å². The molecule has 1 aromatic rings. The lowest BCUT2D eigenvalue weighted by atomic mass is 10.1. The number of aldehydes is 1. The van der Waals surface area contributed by atoms with Crippen molar-refractivity contribution < 1.29 is 4.79 Å². The van der Waals surface area contributed by atoms with Gasteiger partial charge in [0.15, 0.2) is 0 Å². The van der Waals surface area contributed by atoms with Gasteiger partial charge in [0.25, 0.3) is 0 Å². The molecule has 19 heavy (non-hydrogen) atoms. The van der Waals surface area contributed by atoms with Crippen LogP contribution in [0.25, 0.3) is 0 Å². The zero-order chi connectivity index (χ0) is 13.7. The predicted molar refractivity (Wildman–Crippen MR) is 82.4 cm³/mol. The van der Waals surface area contributed by atoms with Gasteiger partial charge in [-0.15, -0.1) is 12.6 Å². The van der Waals surface area contributed by atoms with Crippen molar-refractivity contribution >= 4 is 36.2 Å². The number of nitrogens with one attached hydrogen (secondary N) is 1. The number of likely N-dealkylation sites (tertiary alicyclic amines) is 1. The molecule has 0 aromatic heterocycles. The molecule has 0 radical (unpaired) electrons. The average Bonchev–Trinajstić information content (AvgIpc) is 2.82. The van der Waals surface area contributed by atoms with Crippen molar-refractivity contribution in [3.8, 4) is 0 Å². The number of carbonyl (C=O) groups excluding carboxylic acids is 1. The zero-order valence-corrected chi connectivity index (χ0v) is 12.5. The van der Waals surface area contributed by atoms with Crippen LogP contribution in [0.4, 0.5) is 5.69 Å². The lowest BCUT2D eigenvalue weighted by molar-refractivity contribution is -0.108.